The van der Waals surface area contributed by atoms with E-state index in [4.69, 9.17) is 15.2 Å². The Kier molecular flexibility index (Phi) is 6.49. The Labute approximate surface area is 145 Å². The van der Waals surface area contributed by atoms with Gasteiger partial charge in [0, 0.05) is 30.7 Å². The summed E-state index contributed by atoms with van der Waals surface area (Å²) in [6.07, 6.45) is 1.85. The van der Waals surface area contributed by atoms with Gasteiger partial charge in [-0.15, -0.1) is 0 Å². The van der Waals surface area contributed by atoms with Crippen LogP contribution in [0, 0.1) is 12.8 Å². The van der Waals surface area contributed by atoms with Gasteiger partial charge in [-0.2, -0.15) is 0 Å². The fourth-order valence-electron chi connectivity index (χ4n) is 3.11. The van der Waals surface area contributed by atoms with Gasteiger partial charge in [-0.05, 0) is 31.7 Å². The molecule has 3 N–H and O–H groups in total. The molecule has 5 heteroatoms. The van der Waals surface area contributed by atoms with Crippen LogP contribution in [0.25, 0.3) is 0 Å². The molecule has 24 heavy (non-hydrogen) atoms. The number of nitrogens with zero attached hydrogens (tertiary/aromatic N) is 1. The van der Waals surface area contributed by atoms with Crippen LogP contribution >= 0.6 is 0 Å². The average Bonchev–Trinajstić information content (AvgIpc) is 2.59. The summed E-state index contributed by atoms with van der Waals surface area (Å²) in [6.45, 7) is 9.37. The number of methoxy groups -OCH3 is 1. The highest BCUT2D eigenvalue weighted by Crippen LogP contribution is 2.40. The molecule has 5 nitrogen and oxygen atoms in total. The summed E-state index contributed by atoms with van der Waals surface area (Å²) in [5, 5.41) is 3.20. The van der Waals surface area contributed by atoms with Gasteiger partial charge in [0.25, 0.3) is 0 Å². The van der Waals surface area contributed by atoms with Gasteiger partial charge in [-0.1, -0.05) is 31.5 Å². The van der Waals surface area contributed by atoms with Crippen LogP contribution in [0.5, 0.6) is 5.75 Å². The first-order valence-corrected chi connectivity index (χ1v) is 8.73. The van der Waals surface area contributed by atoms with Gasteiger partial charge in [0.15, 0.2) is 5.96 Å². The standard InChI is InChI=1S/C19H31N3O2/c1-14(2)12-21-18(20)22-13-19(7-9-24-10-8-19)16-11-15(3)5-6-17(16)23-4/h5-6,11,14H,7-10,12-13H2,1-4H3,(H3,20,21,22). The predicted octanol–water partition coefficient (Wildman–Crippen LogP) is 2.61. The van der Waals surface area contributed by atoms with Crippen LogP contribution < -0.4 is 15.8 Å². The van der Waals surface area contributed by atoms with Crippen molar-refractivity contribution in [3.05, 3.63) is 29.3 Å². The average molecular weight is 333 g/mol. The Morgan fingerprint density at radius 1 is 1.38 bits per heavy atom. The topological polar surface area (TPSA) is 68.9 Å². The van der Waals surface area contributed by atoms with Crippen LogP contribution in [0.1, 0.15) is 37.8 Å². The van der Waals surface area contributed by atoms with E-state index in [9.17, 15) is 0 Å². The number of nitrogens with one attached hydrogen (secondary N) is 1. The van der Waals surface area contributed by atoms with Gasteiger partial charge in [-0.25, -0.2) is 0 Å². The molecule has 1 saturated heterocycles. The van der Waals surface area contributed by atoms with Gasteiger partial charge in [-0.3, -0.25) is 4.99 Å². The minimum atomic E-state index is -0.0836. The third kappa shape index (κ3) is 4.63. The zero-order valence-electron chi connectivity index (χ0n) is 15.4. The summed E-state index contributed by atoms with van der Waals surface area (Å²) < 4.78 is 11.2. The summed E-state index contributed by atoms with van der Waals surface area (Å²) >= 11 is 0. The molecule has 1 aromatic rings. The molecule has 1 aliphatic heterocycles. The highest BCUT2D eigenvalue weighted by molar-refractivity contribution is 5.77. The minimum Gasteiger partial charge on any atom is -0.496 e. The second-order valence-corrected chi connectivity index (χ2v) is 7.07. The van der Waals surface area contributed by atoms with Crippen molar-refractivity contribution in [1.29, 1.82) is 0 Å². The molecule has 0 aromatic heterocycles. The SMILES string of the molecule is COc1ccc(C)cc1C1(CN=C(N)NCC(C)C)CCOCC1. The van der Waals surface area contributed by atoms with Crippen molar-refractivity contribution >= 4 is 5.96 Å². The van der Waals surface area contributed by atoms with Gasteiger partial charge in [0.2, 0.25) is 0 Å². The van der Waals surface area contributed by atoms with Gasteiger partial charge in [0.1, 0.15) is 5.75 Å². The van der Waals surface area contributed by atoms with Gasteiger partial charge >= 0.3 is 0 Å². The van der Waals surface area contributed by atoms with Crippen molar-refractivity contribution in [3.8, 4) is 5.75 Å². The van der Waals surface area contributed by atoms with Crippen LogP contribution in [0.15, 0.2) is 23.2 Å². The molecule has 0 bridgehead atoms. The fraction of sp³-hybridized carbons (Fsp3) is 0.632. The first-order chi connectivity index (χ1) is 11.5. The van der Waals surface area contributed by atoms with Crippen molar-refractivity contribution in [2.75, 3.05) is 33.4 Å². The third-order valence-corrected chi connectivity index (χ3v) is 4.62. The molecule has 0 spiro atoms. The molecule has 0 amide bonds. The van der Waals surface area contributed by atoms with E-state index < -0.39 is 0 Å². The largest absolute Gasteiger partial charge is 0.496 e. The summed E-state index contributed by atoms with van der Waals surface area (Å²) in [4.78, 5) is 4.65. The van der Waals surface area contributed by atoms with E-state index in [1.165, 1.54) is 11.1 Å². The smallest absolute Gasteiger partial charge is 0.188 e. The van der Waals surface area contributed by atoms with E-state index in [-0.39, 0.29) is 5.41 Å². The number of guanidine groups is 1. The molecule has 134 valence electrons. The number of aliphatic imine (C=N–C) groups is 1. The number of aryl methyl sites for hydroxylation is 1. The molecule has 1 fully saturated rings. The van der Waals surface area contributed by atoms with E-state index in [0.29, 0.717) is 18.4 Å². The second kappa shape index (κ2) is 8.38. The lowest BCUT2D eigenvalue weighted by molar-refractivity contribution is 0.0522. The maximum atomic E-state index is 6.05. The van der Waals surface area contributed by atoms with Crippen molar-refractivity contribution in [2.24, 2.45) is 16.6 Å². The summed E-state index contributed by atoms with van der Waals surface area (Å²) in [6, 6.07) is 6.35. The van der Waals surface area contributed by atoms with Crippen molar-refractivity contribution < 1.29 is 9.47 Å². The lowest BCUT2D eigenvalue weighted by atomic mass is 9.73. The minimum absolute atomic E-state index is 0.0836. The van der Waals surface area contributed by atoms with E-state index >= 15 is 0 Å². The maximum Gasteiger partial charge on any atom is 0.188 e. The van der Waals surface area contributed by atoms with Crippen LogP contribution in [-0.2, 0) is 10.2 Å². The molecule has 1 aromatic carbocycles. The second-order valence-electron chi connectivity index (χ2n) is 7.07. The molecular formula is C19H31N3O2. The molecular weight excluding hydrogens is 302 g/mol. The summed E-state index contributed by atoms with van der Waals surface area (Å²) in [5.74, 6) is 1.97. The zero-order valence-corrected chi connectivity index (χ0v) is 15.4. The zero-order chi connectivity index (χ0) is 17.6. The number of ether oxygens (including phenoxy) is 2. The van der Waals surface area contributed by atoms with E-state index in [0.717, 1.165) is 38.3 Å². The van der Waals surface area contributed by atoms with E-state index in [1.807, 2.05) is 6.07 Å². The Balaban J connectivity index is 2.27. The fourth-order valence-corrected chi connectivity index (χ4v) is 3.11. The van der Waals surface area contributed by atoms with E-state index in [1.54, 1.807) is 7.11 Å². The summed E-state index contributed by atoms with van der Waals surface area (Å²) in [5.41, 5.74) is 8.41. The Hall–Kier alpha value is -1.75. The number of benzene rings is 1. The van der Waals surface area contributed by atoms with Crippen molar-refractivity contribution in [2.45, 2.75) is 39.0 Å². The molecule has 1 aliphatic rings. The number of hydrogen-bond acceptors (Lipinski definition) is 3. The van der Waals surface area contributed by atoms with Crippen LogP contribution in [0.2, 0.25) is 0 Å². The van der Waals surface area contributed by atoms with Crippen molar-refractivity contribution in [3.63, 3.8) is 0 Å². The Morgan fingerprint density at radius 3 is 2.71 bits per heavy atom. The van der Waals surface area contributed by atoms with E-state index in [2.05, 4.69) is 43.2 Å². The van der Waals surface area contributed by atoms with Crippen LogP contribution in [0.3, 0.4) is 0 Å². The summed E-state index contributed by atoms with van der Waals surface area (Å²) in [7, 11) is 1.73. The molecule has 0 radical (unpaired) electrons. The highest BCUT2D eigenvalue weighted by atomic mass is 16.5. The monoisotopic (exact) mass is 333 g/mol. The normalized spacial score (nSPS) is 17.8. The number of nitrogens with two attached hydrogens (primary N) is 1. The van der Waals surface area contributed by atoms with Crippen LogP contribution in [-0.4, -0.2) is 39.4 Å². The maximum absolute atomic E-state index is 6.05. The Bertz CT molecular complexity index is 564. The predicted molar refractivity (Wildman–Crippen MR) is 98.8 cm³/mol. The van der Waals surface area contributed by atoms with Gasteiger partial charge < -0.3 is 20.5 Å². The lowest BCUT2D eigenvalue weighted by Crippen LogP contribution is -2.40. The quantitative estimate of drug-likeness (QED) is 0.620. The molecule has 0 unspecified atom stereocenters. The molecule has 2 rings (SSSR count). The molecule has 1 heterocycles. The van der Waals surface area contributed by atoms with Gasteiger partial charge in [0.05, 0.1) is 13.7 Å². The highest BCUT2D eigenvalue weighted by Gasteiger charge is 2.37. The lowest BCUT2D eigenvalue weighted by Gasteiger charge is -2.37. The molecule has 0 atom stereocenters. The first kappa shape index (κ1) is 18.6. The molecule has 0 saturated carbocycles. The molecule has 0 aliphatic carbocycles. The number of rotatable bonds is 6. The number of hydrogen-bond donors (Lipinski definition) is 2. The third-order valence-electron chi connectivity index (χ3n) is 4.62. The van der Waals surface area contributed by atoms with Crippen LogP contribution in [0.4, 0.5) is 0 Å². The first-order valence-electron chi connectivity index (χ1n) is 8.73. The van der Waals surface area contributed by atoms with Crippen molar-refractivity contribution in [1.82, 2.24) is 5.32 Å². The Morgan fingerprint density at radius 2 is 2.08 bits per heavy atom.